The predicted molar refractivity (Wildman–Crippen MR) is 50.9 cm³/mol. The molecule has 1 aromatic rings. The number of hydrogen-bond donors (Lipinski definition) is 0. The van der Waals surface area contributed by atoms with E-state index >= 15 is 0 Å². The quantitative estimate of drug-likeness (QED) is 0.685. The summed E-state index contributed by atoms with van der Waals surface area (Å²) in [7, 11) is 0. The topological polar surface area (TPSA) is 12.9 Å². The molecule has 1 atom stereocenters. The maximum absolute atomic E-state index is 4.25. The minimum Gasteiger partial charge on any atom is -0.261 e. The zero-order valence-electron chi connectivity index (χ0n) is 6.95. The Morgan fingerprint density at radius 1 is 1.55 bits per heavy atom. The molecule has 2 heteroatoms. The normalized spacial score (nSPS) is 12.9. The van der Waals surface area contributed by atoms with E-state index in [0.29, 0.717) is 5.25 Å². The molecule has 0 N–H and O–H groups in total. The van der Waals surface area contributed by atoms with E-state index in [0.717, 1.165) is 6.42 Å². The molecule has 0 aliphatic carbocycles. The molecule has 11 heavy (non-hydrogen) atoms. The lowest BCUT2D eigenvalue weighted by molar-refractivity contribution is 0.903. The van der Waals surface area contributed by atoms with Crippen molar-refractivity contribution in [2.45, 2.75) is 18.6 Å². The molecule has 1 unspecified atom stereocenters. The minimum atomic E-state index is 0.671. The molecule has 60 valence electrons. The van der Waals surface area contributed by atoms with E-state index in [1.165, 1.54) is 5.69 Å². The number of aromatic nitrogens is 1. The molecule has 1 aromatic heterocycles. The second-order valence-electron chi connectivity index (χ2n) is 2.57. The zero-order valence-corrected chi connectivity index (χ0v) is 7.77. The van der Waals surface area contributed by atoms with Crippen LogP contribution in [0.1, 0.15) is 12.6 Å². The lowest BCUT2D eigenvalue weighted by Crippen LogP contribution is -2.01. The molecule has 0 fully saturated rings. The molecule has 1 heterocycles. The molecule has 0 amide bonds. The molecule has 0 saturated carbocycles. The van der Waals surface area contributed by atoms with Crippen molar-refractivity contribution in [2.75, 3.05) is 6.26 Å². The maximum Gasteiger partial charge on any atom is 0.0414 e. The molecule has 0 aliphatic heterocycles. The molecular formula is C9H13NS. The highest BCUT2D eigenvalue weighted by Gasteiger charge is 2.00. The van der Waals surface area contributed by atoms with Crippen LogP contribution in [-0.4, -0.2) is 16.5 Å². The first-order valence-electron chi connectivity index (χ1n) is 3.75. The van der Waals surface area contributed by atoms with Crippen LogP contribution in [0.2, 0.25) is 0 Å². The van der Waals surface area contributed by atoms with Gasteiger partial charge in [-0.25, -0.2) is 0 Å². The minimum absolute atomic E-state index is 0.671. The fraction of sp³-hybridized carbons (Fsp3) is 0.444. The summed E-state index contributed by atoms with van der Waals surface area (Å²) in [4.78, 5) is 4.25. The molecule has 1 nitrogen and oxygen atoms in total. The highest BCUT2D eigenvalue weighted by Crippen LogP contribution is 2.10. The maximum atomic E-state index is 4.25. The van der Waals surface area contributed by atoms with E-state index in [1.807, 2.05) is 30.1 Å². The monoisotopic (exact) mass is 167 g/mol. The van der Waals surface area contributed by atoms with Crippen molar-refractivity contribution in [1.29, 1.82) is 0 Å². The Morgan fingerprint density at radius 3 is 2.91 bits per heavy atom. The number of thioether (sulfide) groups is 1. The number of rotatable bonds is 3. The second-order valence-corrected chi connectivity index (χ2v) is 3.85. The Labute approximate surface area is 72.2 Å². The van der Waals surface area contributed by atoms with Crippen molar-refractivity contribution in [3.8, 4) is 0 Å². The van der Waals surface area contributed by atoms with Crippen LogP contribution >= 0.6 is 11.8 Å². The summed E-state index contributed by atoms with van der Waals surface area (Å²) in [6.07, 6.45) is 5.05. The van der Waals surface area contributed by atoms with Crippen LogP contribution in [0.4, 0.5) is 0 Å². The average Bonchev–Trinajstić information content (AvgIpc) is 2.06. The van der Waals surface area contributed by atoms with Gasteiger partial charge in [-0.1, -0.05) is 13.0 Å². The Hall–Kier alpha value is -0.500. The first kappa shape index (κ1) is 8.60. The molecular weight excluding hydrogens is 154 g/mol. The summed E-state index contributed by atoms with van der Waals surface area (Å²) in [5, 5.41) is 0.671. The van der Waals surface area contributed by atoms with E-state index in [9.17, 15) is 0 Å². The van der Waals surface area contributed by atoms with Crippen molar-refractivity contribution < 1.29 is 0 Å². The molecule has 0 bridgehead atoms. The van der Waals surface area contributed by atoms with Crippen molar-refractivity contribution in [3.63, 3.8) is 0 Å². The average molecular weight is 167 g/mol. The zero-order chi connectivity index (χ0) is 8.10. The van der Waals surface area contributed by atoms with Crippen LogP contribution in [0.25, 0.3) is 0 Å². The Morgan fingerprint density at radius 2 is 2.36 bits per heavy atom. The highest BCUT2D eigenvalue weighted by molar-refractivity contribution is 7.99. The Bertz CT molecular complexity index is 198. The van der Waals surface area contributed by atoms with Gasteiger partial charge in [-0.15, -0.1) is 0 Å². The summed E-state index contributed by atoms with van der Waals surface area (Å²) < 4.78 is 0. The molecule has 0 aliphatic rings. The lowest BCUT2D eigenvalue weighted by Gasteiger charge is -2.05. The van der Waals surface area contributed by atoms with Crippen molar-refractivity contribution >= 4 is 11.8 Å². The number of nitrogens with zero attached hydrogens (tertiary/aromatic N) is 1. The number of hydrogen-bond acceptors (Lipinski definition) is 2. The van der Waals surface area contributed by atoms with E-state index in [2.05, 4.69) is 24.2 Å². The van der Waals surface area contributed by atoms with Crippen LogP contribution in [0.5, 0.6) is 0 Å². The van der Waals surface area contributed by atoms with Crippen LogP contribution in [0, 0.1) is 0 Å². The summed E-state index contributed by atoms with van der Waals surface area (Å²) >= 11 is 1.88. The van der Waals surface area contributed by atoms with Gasteiger partial charge in [0.15, 0.2) is 0 Å². The summed E-state index contributed by atoms with van der Waals surface area (Å²) in [6.45, 7) is 2.22. The van der Waals surface area contributed by atoms with Gasteiger partial charge in [-0.2, -0.15) is 11.8 Å². The summed E-state index contributed by atoms with van der Waals surface area (Å²) in [6, 6.07) is 6.06. The van der Waals surface area contributed by atoms with Gasteiger partial charge in [0.25, 0.3) is 0 Å². The van der Waals surface area contributed by atoms with E-state index in [-0.39, 0.29) is 0 Å². The lowest BCUT2D eigenvalue weighted by atomic mass is 10.2. The van der Waals surface area contributed by atoms with Crippen molar-refractivity contribution in [1.82, 2.24) is 4.98 Å². The van der Waals surface area contributed by atoms with Crippen LogP contribution < -0.4 is 0 Å². The fourth-order valence-corrected chi connectivity index (χ4v) is 1.23. The van der Waals surface area contributed by atoms with Gasteiger partial charge in [0.05, 0.1) is 0 Å². The van der Waals surface area contributed by atoms with Crippen LogP contribution in [0.15, 0.2) is 24.4 Å². The van der Waals surface area contributed by atoms with Gasteiger partial charge in [0, 0.05) is 23.6 Å². The van der Waals surface area contributed by atoms with Gasteiger partial charge in [-0.05, 0) is 18.4 Å². The van der Waals surface area contributed by atoms with Crippen molar-refractivity contribution in [2.24, 2.45) is 0 Å². The first-order chi connectivity index (χ1) is 5.33. The third kappa shape index (κ3) is 2.93. The van der Waals surface area contributed by atoms with Gasteiger partial charge in [-0.3, -0.25) is 4.98 Å². The molecule has 0 radical (unpaired) electrons. The van der Waals surface area contributed by atoms with Gasteiger partial charge >= 0.3 is 0 Å². The van der Waals surface area contributed by atoms with Crippen molar-refractivity contribution in [3.05, 3.63) is 30.1 Å². The van der Waals surface area contributed by atoms with Gasteiger partial charge in [0.2, 0.25) is 0 Å². The van der Waals surface area contributed by atoms with Crippen LogP contribution in [0.3, 0.4) is 0 Å². The first-order valence-corrected chi connectivity index (χ1v) is 5.04. The van der Waals surface area contributed by atoms with Gasteiger partial charge in [0.1, 0.15) is 0 Å². The van der Waals surface area contributed by atoms with E-state index in [1.54, 1.807) is 0 Å². The largest absolute Gasteiger partial charge is 0.261 e. The molecule has 0 aromatic carbocycles. The van der Waals surface area contributed by atoms with Gasteiger partial charge < -0.3 is 0 Å². The fourth-order valence-electron chi connectivity index (χ4n) is 0.897. The third-order valence-corrected chi connectivity index (χ3v) is 2.60. The summed E-state index contributed by atoms with van der Waals surface area (Å²) in [5.74, 6) is 0. The second kappa shape index (κ2) is 4.39. The summed E-state index contributed by atoms with van der Waals surface area (Å²) in [5.41, 5.74) is 1.19. The number of pyridine rings is 1. The van der Waals surface area contributed by atoms with E-state index in [4.69, 9.17) is 0 Å². The molecule has 1 rings (SSSR count). The Balaban J connectivity index is 2.51. The Kier molecular flexibility index (Phi) is 3.43. The highest BCUT2D eigenvalue weighted by atomic mass is 32.2. The SMILES string of the molecule is CSC(C)Cc1ccccn1. The molecule has 0 spiro atoms. The third-order valence-electron chi connectivity index (χ3n) is 1.63. The predicted octanol–water partition coefficient (Wildman–Crippen LogP) is 2.38. The van der Waals surface area contributed by atoms with Crippen LogP contribution in [-0.2, 0) is 6.42 Å². The standard InChI is InChI=1S/C9H13NS/c1-8(11-2)7-9-5-3-4-6-10-9/h3-6,8H,7H2,1-2H3. The smallest absolute Gasteiger partial charge is 0.0414 e. The molecule has 0 saturated heterocycles. The van der Waals surface area contributed by atoms with E-state index < -0.39 is 0 Å².